The molecule has 4 aromatic rings. The number of rotatable bonds is 6. The lowest BCUT2D eigenvalue weighted by molar-refractivity contribution is 0.0219. The van der Waals surface area contributed by atoms with Crippen LogP contribution in [0.3, 0.4) is 0 Å². The first kappa shape index (κ1) is 27.6. The van der Waals surface area contributed by atoms with Crippen LogP contribution in [0.4, 0.5) is 4.79 Å². The first-order valence-corrected chi connectivity index (χ1v) is 15.6. The summed E-state index contributed by atoms with van der Waals surface area (Å²) < 4.78 is 5.70. The first-order valence-electron chi connectivity index (χ1n) is 14.3. The molecule has 2 aromatic carbocycles. The Balaban J connectivity index is 1.15. The molecule has 1 amide bonds. The molecule has 3 atom stereocenters. The van der Waals surface area contributed by atoms with E-state index in [1.54, 1.807) is 11.8 Å². The van der Waals surface area contributed by atoms with Gasteiger partial charge in [0.1, 0.15) is 17.2 Å². The van der Waals surface area contributed by atoms with Gasteiger partial charge in [0.05, 0.1) is 35.9 Å². The Morgan fingerprint density at radius 2 is 1.46 bits per heavy atom. The highest BCUT2D eigenvalue weighted by molar-refractivity contribution is 7.99. The predicted molar refractivity (Wildman–Crippen MR) is 165 cm³/mol. The van der Waals surface area contributed by atoms with Gasteiger partial charge in [-0.05, 0) is 75.1 Å². The number of nitrogens with one attached hydrogen (secondary N) is 3. The van der Waals surface area contributed by atoms with Crippen LogP contribution in [0, 0.1) is 0 Å². The van der Waals surface area contributed by atoms with Crippen molar-refractivity contribution < 1.29 is 9.53 Å². The van der Waals surface area contributed by atoms with Crippen molar-refractivity contribution in [1.29, 1.82) is 0 Å². The van der Waals surface area contributed by atoms with Gasteiger partial charge in [-0.15, -0.1) is 0 Å². The maximum atomic E-state index is 13.0. The standard InChI is InChI=1S/C32H38N6O2S/c1-32(2,3)40-31(39)38-19-24(41-4)16-28(38)30-35-18-27(37-30)23-13-9-21(10-14-23)20-7-11-22(12-8-20)26-17-34-29(36-26)25-6-5-15-33-25/h7-14,17-18,24-25,28,33H,5-6,15-16,19H2,1-4H3,(H,34,36)(H,35,37)/t24-,25?,28-/m0/s1. The molecule has 0 saturated carbocycles. The van der Waals surface area contributed by atoms with Crippen molar-refractivity contribution in [1.82, 2.24) is 30.2 Å². The molecule has 2 saturated heterocycles. The largest absolute Gasteiger partial charge is 0.444 e. The van der Waals surface area contributed by atoms with Crippen molar-refractivity contribution in [3.8, 4) is 33.6 Å². The number of hydrogen-bond donors (Lipinski definition) is 3. The van der Waals surface area contributed by atoms with Crippen molar-refractivity contribution in [2.24, 2.45) is 0 Å². The van der Waals surface area contributed by atoms with E-state index in [2.05, 4.69) is 75.1 Å². The maximum Gasteiger partial charge on any atom is 0.410 e. The van der Waals surface area contributed by atoms with Crippen molar-refractivity contribution >= 4 is 17.9 Å². The molecule has 4 heterocycles. The summed E-state index contributed by atoms with van der Waals surface area (Å²) in [7, 11) is 0. The molecule has 0 aliphatic carbocycles. The van der Waals surface area contributed by atoms with Crippen LogP contribution in [0.1, 0.15) is 63.8 Å². The second-order valence-corrected chi connectivity index (χ2v) is 13.0. The van der Waals surface area contributed by atoms with E-state index in [1.165, 1.54) is 6.42 Å². The third-order valence-electron chi connectivity index (χ3n) is 7.85. The molecule has 2 aromatic heterocycles. The average molecular weight is 571 g/mol. The SMILES string of the molecule is CS[C@H]1C[C@@H](c2ncc(-c3ccc(-c4ccc(-c5cnc(C6CCCN6)[nH]5)cc4)cc3)[nH]2)N(C(=O)OC(C)(C)C)C1. The molecule has 41 heavy (non-hydrogen) atoms. The predicted octanol–water partition coefficient (Wildman–Crippen LogP) is 6.97. The summed E-state index contributed by atoms with van der Waals surface area (Å²) in [5.41, 5.74) is 5.93. The summed E-state index contributed by atoms with van der Waals surface area (Å²) in [4.78, 5) is 31.0. The summed E-state index contributed by atoms with van der Waals surface area (Å²) in [6.07, 6.45) is 8.76. The van der Waals surface area contributed by atoms with Gasteiger partial charge in [-0.2, -0.15) is 11.8 Å². The lowest BCUT2D eigenvalue weighted by Crippen LogP contribution is -2.37. The Morgan fingerprint density at radius 1 is 0.902 bits per heavy atom. The summed E-state index contributed by atoms with van der Waals surface area (Å²) in [5.74, 6) is 1.82. The number of ether oxygens (including phenoxy) is 1. The maximum absolute atomic E-state index is 13.0. The van der Waals surface area contributed by atoms with Crippen LogP contribution in [-0.2, 0) is 4.74 Å². The highest BCUT2D eigenvalue weighted by Gasteiger charge is 2.39. The van der Waals surface area contributed by atoms with Gasteiger partial charge in [-0.25, -0.2) is 14.8 Å². The van der Waals surface area contributed by atoms with E-state index in [-0.39, 0.29) is 12.1 Å². The number of hydrogen-bond acceptors (Lipinski definition) is 6. The Morgan fingerprint density at radius 3 is 2.00 bits per heavy atom. The van der Waals surface area contributed by atoms with Crippen LogP contribution < -0.4 is 5.32 Å². The number of thioether (sulfide) groups is 1. The molecule has 214 valence electrons. The first-order chi connectivity index (χ1) is 19.8. The summed E-state index contributed by atoms with van der Waals surface area (Å²) in [6, 6.07) is 17.3. The third-order valence-corrected chi connectivity index (χ3v) is 8.85. The van der Waals surface area contributed by atoms with Crippen LogP contribution >= 0.6 is 11.8 Å². The second kappa shape index (κ2) is 11.4. The monoisotopic (exact) mass is 570 g/mol. The number of aromatic amines is 2. The van der Waals surface area contributed by atoms with Crippen molar-refractivity contribution in [2.45, 2.75) is 63.0 Å². The van der Waals surface area contributed by atoms with E-state index in [0.29, 0.717) is 17.8 Å². The lowest BCUT2D eigenvalue weighted by Gasteiger charge is -2.27. The minimum Gasteiger partial charge on any atom is -0.444 e. The molecular weight excluding hydrogens is 532 g/mol. The molecule has 2 aliphatic rings. The Bertz CT molecular complexity index is 1480. The van der Waals surface area contributed by atoms with Crippen LogP contribution in [0.2, 0.25) is 0 Å². The fourth-order valence-electron chi connectivity index (χ4n) is 5.67. The Hall–Kier alpha value is -3.56. The molecule has 2 aliphatic heterocycles. The van der Waals surface area contributed by atoms with Gasteiger partial charge in [-0.3, -0.25) is 4.90 Å². The number of carbonyl (C=O) groups excluding carboxylic acids is 1. The Labute approximate surface area is 245 Å². The quantitative estimate of drug-likeness (QED) is 0.232. The zero-order valence-electron chi connectivity index (χ0n) is 24.1. The topological polar surface area (TPSA) is 98.9 Å². The van der Waals surface area contributed by atoms with Gasteiger partial charge in [0.2, 0.25) is 0 Å². The molecule has 6 rings (SSSR count). The molecule has 0 bridgehead atoms. The number of H-pyrrole nitrogens is 2. The zero-order chi connectivity index (χ0) is 28.6. The highest BCUT2D eigenvalue weighted by atomic mass is 32.2. The van der Waals surface area contributed by atoms with E-state index < -0.39 is 5.60 Å². The number of imidazole rings is 2. The highest BCUT2D eigenvalue weighted by Crippen LogP contribution is 2.37. The van der Waals surface area contributed by atoms with E-state index in [0.717, 1.165) is 64.7 Å². The summed E-state index contributed by atoms with van der Waals surface area (Å²) in [5, 5.41) is 3.85. The molecule has 0 radical (unpaired) electrons. The number of benzene rings is 2. The third kappa shape index (κ3) is 6.06. The van der Waals surface area contributed by atoms with E-state index >= 15 is 0 Å². The zero-order valence-corrected chi connectivity index (χ0v) is 24.9. The second-order valence-electron chi connectivity index (χ2n) is 11.9. The molecular formula is C32H38N6O2S. The fourth-order valence-corrected chi connectivity index (χ4v) is 6.35. The number of nitrogens with zero attached hydrogens (tertiary/aromatic N) is 3. The molecule has 1 unspecified atom stereocenters. The van der Waals surface area contributed by atoms with Gasteiger partial charge < -0.3 is 20.0 Å². The van der Waals surface area contributed by atoms with Crippen LogP contribution in [0.15, 0.2) is 60.9 Å². The van der Waals surface area contributed by atoms with E-state index in [4.69, 9.17) is 9.72 Å². The minimum atomic E-state index is -0.537. The number of amides is 1. The molecule has 3 N–H and O–H groups in total. The Kier molecular flexibility index (Phi) is 7.66. The van der Waals surface area contributed by atoms with Gasteiger partial charge >= 0.3 is 6.09 Å². The van der Waals surface area contributed by atoms with Crippen molar-refractivity contribution in [2.75, 3.05) is 19.3 Å². The molecule has 0 spiro atoms. The smallest absolute Gasteiger partial charge is 0.410 e. The molecule has 2 fully saturated rings. The van der Waals surface area contributed by atoms with E-state index in [9.17, 15) is 4.79 Å². The van der Waals surface area contributed by atoms with Gasteiger partial charge in [0.15, 0.2) is 0 Å². The van der Waals surface area contributed by atoms with Crippen LogP contribution in [0.25, 0.3) is 33.6 Å². The summed E-state index contributed by atoms with van der Waals surface area (Å²) in [6.45, 7) is 7.41. The number of likely N-dealkylation sites (tertiary alicyclic amines) is 1. The average Bonchev–Trinajstić information content (AvgIpc) is 3.78. The van der Waals surface area contributed by atoms with Crippen molar-refractivity contribution in [3.05, 3.63) is 72.6 Å². The van der Waals surface area contributed by atoms with Crippen molar-refractivity contribution in [3.63, 3.8) is 0 Å². The lowest BCUT2D eigenvalue weighted by atomic mass is 10.0. The summed E-state index contributed by atoms with van der Waals surface area (Å²) >= 11 is 1.78. The van der Waals surface area contributed by atoms with Crippen LogP contribution in [-0.4, -0.2) is 61.1 Å². The van der Waals surface area contributed by atoms with Gasteiger partial charge in [-0.1, -0.05) is 48.5 Å². The van der Waals surface area contributed by atoms with Crippen LogP contribution in [0.5, 0.6) is 0 Å². The number of aromatic nitrogens is 4. The molecule has 9 heteroatoms. The minimum absolute atomic E-state index is 0.130. The fraction of sp³-hybridized carbons (Fsp3) is 0.406. The van der Waals surface area contributed by atoms with E-state index in [1.807, 2.05) is 38.1 Å². The number of carbonyl (C=O) groups is 1. The van der Waals surface area contributed by atoms with Gasteiger partial charge in [0, 0.05) is 11.8 Å². The molecule has 8 nitrogen and oxygen atoms in total. The normalized spacial score (nSPS) is 21.0. The van der Waals surface area contributed by atoms with Gasteiger partial charge in [0.25, 0.3) is 0 Å².